The van der Waals surface area contributed by atoms with E-state index >= 15 is 0 Å². The number of hydrogen-bond donors (Lipinski definition) is 1. The van der Waals surface area contributed by atoms with Gasteiger partial charge in [0, 0.05) is 37.7 Å². The van der Waals surface area contributed by atoms with Crippen LogP contribution in [0.2, 0.25) is 0 Å². The molecule has 3 unspecified atom stereocenters. The van der Waals surface area contributed by atoms with Crippen LogP contribution < -0.4 is 0 Å². The van der Waals surface area contributed by atoms with Crippen LogP contribution in [0.5, 0.6) is 0 Å². The highest BCUT2D eigenvalue weighted by Gasteiger charge is 2.55. The molecule has 2 radical (unpaired) electrons. The van der Waals surface area contributed by atoms with Gasteiger partial charge in [-0.05, 0) is 6.42 Å². The summed E-state index contributed by atoms with van der Waals surface area (Å²) in [5.74, 6) is 0. The van der Waals surface area contributed by atoms with Crippen molar-refractivity contribution < 1.29 is 14.2 Å². The summed E-state index contributed by atoms with van der Waals surface area (Å²) in [4.78, 5) is 1.92. The highest BCUT2D eigenvalue weighted by Crippen LogP contribution is 2.43. The van der Waals surface area contributed by atoms with E-state index in [4.69, 9.17) is 12.6 Å². The molecule has 2 rings (SSSR count). The fourth-order valence-corrected chi connectivity index (χ4v) is 2.88. The van der Waals surface area contributed by atoms with Gasteiger partial charge in [-0.1, -0.05) is 0 Å². The monoisotopic (exact) mass is 199 g/mol. The second-order valence-electron chi connectivity index (χ2n) is 4.62. The minimum Gasteiger partial charge on any atom is -0.398 e. The van der Waals surface area contributed by atoms with E-state index in [9.17, 15) is 9.50 Å². The highest BCUT2D eigenvalue weighted by molar-refractivity contribution is 6.14. The zero-order chi connectivity index (χ0) is 10.4. The molecule has 0 spiro atoms. The van der Waals surface area contributed by atoms with E-state index in [0.29, 0.717) is 32.5 Å². The molecule has 2 aliphatic rings. The lowest BCUT2D eigenvalue weighted by molar-refractivity contribution is 0.0630. The lowest BCUT2D eigenvalue weighted by Gasteiger charge is -2.30. The van der Waals surface area contributed by atoms with E-state index in [2.05, 4.69) is 0 Å². The Kier molecular flexibility index (Phi) is 2.36. The Morgan fingerprint density at radius 1 is 1.71 bits per heavy atom. The number of fused-ring (bicyclic) bond motifs is 1. The van der Waals surface area contributed by atoms with E-state index in [1.807, 2.05) is 4.90 Å². The van der Waals surface area contributed by atoms with Gasteiger partial charge in [0.05, 0.1) is 6.61 Å². The molecule has 0 aliphatic carbocycles. The molecule has 2 aliphatic heterocycles. The summed E-state index contributed by atoms with van der Waals surface area (Å²) in [6, 6.07) is 0. The summed E-state index contributed by atoms with van der Waals surface area (Å²) in [5, 5.41) is 9.74. The summed E-state index contributed by atoms with van der Waals surface area (Å²) in [6.07, 6.45) is -0.00419. The maximum atomic E-state index is 13.2. The number of ether oxygens (including phenoxy) is 1. The maximum absolute atomic E-state index is 13.2. The van der Waals surface area contributed by atoms with Gasteiger partial charge in [0.1, 0.15) is 14.0 Å². The van der Waals surface area contributed by atoms with E-state index in [1.54, 1.807) is 7.11 Å². The molecule has 2 heterocycles. The molecule has 0 amide bonds. The summed E-state index contributed by atoms with van der Waals surface area (Å²) in [7, 11) is 7.25. The van der Waals surface area contributed by atoms with E-state index in [0.717, 1.165) is 0 Å². The molecular weight excluding hydrogens is 184 g/mol. The van der Waals surface area contributed by atoms with Crippen LogP contribution >= 0.6 is 0 Å². The molecule has 0 aromatic heterocycles. The van der Waals surface area contributed by atoms with Crippen LogP contribution in [0.3, 0.4) is 0 Å². The van der Waals surface area contributed by atoms with Crippen LogP contribution in [-0.2, 0) is 4.74 Å². The molecule has 0 aromatic carbocycles. The summed E-state index contributed by atoms with van der Waals surface area (Å²) < 4.78 is 18.3. The zero-order valence-corrected chi connectivity index (χ0v) is 8.37. The zero-order valence-electron chi connectivity index (χ0n) is 8.37. The van der Waals surface area contributed by atoms with Gasteiger partial charge in [-0.25, -0.2) is 4.39 Å². The van der Waals surface area contributed by atoms with E-state index in [-0.39, 0.29) is 5.54 Å². The molecule has 2 saturated heterocycles. The lowest BCUT2D eigenvalue weighted by Crippen LogP contribution is -2.42. The number of β-amino-alcohol motifs (C(OH)–C–C–N with tert-alkyl or cyclic N) is 1. The normalized spacial score (nSPS) is 48.4. The van der Waals surface area contributed by atoms with Crippen LogP contribution in [0.15, 0.2) is 0 Å². The molecule has 3 nitrogen and oxygen atoms in total. The van der Waals surface area contributed by atoms with Crippen molar-refractivity contribution in [2.75, 3.05) is 26.8 Å². The smallest absolute Gasteiger partial charge is 0.115 e. The molecule has 5 heteroatoms. The third-order valence-electron chi connectivity index (χ3n) is 3.20. The van der Waals surface area contributed by atoms with Gasteiger partial charge >= 0.3 is 0 Å². The molecule has 78 valence electrons. The van der Waals surface area contributed by atoms with Crippen LogP contribution in [0.25, 0.3) is 0 Å². The SMILES string of the molecule is [B]C1(O)CN2CC(F)CC2(COC)C1. The predicted molar refractivity (Wildman–Crippen MR) is 51.0 cm³/mol. The maximum Gasteiger partial charge on any atom is 0.115 e. The molecule has 0 bridgehead atoms. The van der Waals surface area contributed by atoms with Crippen molar-refractivity contribution in [2.45, 2.75) is 30.1 Å². The van der Waals surface area contributed by atoms with Crippen LogP contribution in [-0.4, -0.2) is 61.9 Å². The van der Waals surface area contributed by atoms with Crippen molar-refractivity contribution >= 4 is 7.85 Å². The van der Waals surface area contributed by atoms with Gasteiger partial charge in [0.2, 0.25) is 0 Å². The number of alkyl halides is 1. The largest absolute Gasteiger partial charge is 0.398 e. The average Bonchev–Trinajstić information content (AvgIpc) is 2.35. The standard InChI is InChI=1S/C9H15BFNO2/c1-14-6-8-2-7(11)3-12(8)5-9(10,13)4-8/h7,13H,2-6H2,1H3. The molecular formula is C9H15BFNO2. The van der Waals surface area contributed by atoms with E-state index < -0.39 is 11.7 Å². The van der Waals surface area contributed by atoms with E-state index in [1.165, 1.54) is 0 Å². The Morgan fingerprint density at radius 3 is 3.07 bits per heavy atom. The predicted octanol–water partition coefficient (Wildman–Crippen LogP) is -0.324. The minimum atomic E-state index is -1.18. The highest BCUT2D eigenvalue weighted by atomic mass is 19.1. The van der Waals surface area contributed by atoms with Crippen molar-refractivity contribution in [2.24, 2.45) is 0 Å². The second-order valence-corrected chi connectivity index (χ2v) is 4.62. The summed E-state index contributed by atoms with van der Waals surface area (Å²) in [5.41, 5.74) is -1.56. The molecule has 14 heavy (non-hydrogen) atoms. The van der Waals surface area contributed by atoms with Gasteiger partial charge in [-0.3, -0.25) is 4.90 Å². The summed E-state index contributed by atoms with van der Waals surface area (Å²) >= 11 is 0. The van der Waals surface area contributed by atoms with Gasteiger partial charge < -0.3 is 9.84 Å². The van der Waals surface area contributed by atoms with Crippen LogP contribution in [0.4, 0.5) is 4.39 Å². The van der Waals surface area contributed by atoms with Crippen molar-refractivity contribution in [1.82, 2.24) is 4.90 Å². The number of hydrogen-bond acceptors (Lipinski definition) is 3. The molecule has 1 N–H and O–H groups in total. The Labute approximate surface area is 84.6 Å². The Morgan fingerprint density at radius 2 is 2.43 bits per heavy atom. The number of methoxy groups -OCH3 is 1. The molecule has 0 aromatic rings. The molecule has 3 atom stereocenters. The van der Waals surface area contributed by atoms with Gasteiger partial charge in [-0.2, -0.15) is 0 Å². The molecule has 0 saturated carbocycles. The first kappa shape index (κ1) is 10.4. The molecule has 2 fully saturated rings. The quantitative estimate of drug-likeness (QED) is 0.618. The number of nitrogens with zero attached hydrogens (tertiary/aromatic N) is 1. The van der Waals surface area contributed by atoms with Crippen molar-refractivity contribution in [3.63, 3.8) is 0 Å². The fourth-order valence-electron chi connectivity index (χ4n) is 2.88. The number of aliphatic hydroxyl groups is 1. The van der Waals surface area contributed by atoms with Gasteiger partial charge in [-0.15, -0.1) is 0 Å². The van der Waals surface area contributed by atoms with Gasteiger partial charge in [0.25, 0.3) is 0 Å². The lowest BCUT2D eigenvalue weighted by atomic mass is 9.75. The first-order valence-electron chi connectivity index (χ1n) is 4.87. The first-order chi connectivity index (χ1) is 6.47. The van der Waals surface area contributed by atoms with Crippen LogP contribution in [0.1, 0.15) is 12.8 Å². The second kappa shape index (κ2) is 3.19. The third kappa shape index (κ3) is 1.57. The fraction of sp³-hybridized carbons (Fsp3) is 1.00. The topological polar surface area (TPSA) is 32.7 Å². The Hall–Kier alpha value is -0.125. The number of rotatable bonds is 2. The van der Waals surface area contributed by atoms with Crippen molar-refractivity contribution in [3.05, 3.63) is 0 Å². The number of halogens is 1. The Balaban J connectivity index is 2.17. The third-order valence-corrected chi connectivity index (χ3v) is 3.20. The van der Waals surface area contributed by atoms with Crippen molar-refractivity contribution in [1.29, 1.82) is 0 Å². The van der Waals surface area contributed by atoms with Crippen LogP contribution in [0, 0.1) is 0 Å². The average molecular weight is 199 g/mol. The Bertz CT molecular complexity index is 239. The van der Waals surface area contributed by atoms with Crippen molar-refractivity contribution in [3.8, 4) is 0 Å². The minimum absolute atomic E-state index is 0.344. The first-order valence-corrected chi connectivity index (χ1v) is 4.87. The summed E-state index contributed by atoms with van der Waals surface area (Å²) in [6.45, 7) is 1.15. The van der Waals surface area contributed by atoms with Gasteiger partial charge in [0.15, 0.2) is 0 Å².